The average molecular weight is 945 g/mol. The molecule has 1 saturated carbocycles. The number of piperazine rings is 2. The average Bonchev–Trinajstić information content (AvgIpc) is 3.20. The first-order valence-electron chi connectivity index (χ1n) is 19.8. The molecule has 356 valence electrons. The maximum Gasteiger partial charge on any atom is 0.410 e. The maximum atomic E-state index is 13.0. The topological polar surface area (TPSA) is 402 Å². The normalized spacial score (nSPS) is 17.9. The first-order valence-corrected chi connectivity index (χ1v) is 22.6. The van der Waals surface area contributed by atoms with E-state index in [1.807, 2.05) is 24.3 Å². The zero-order valence-corrected chi connectivity index (χ0v) is 36.4. The predicted molar refractivity (Wildman–Crippen MR) is 231 cm³/mol. The van der Waals surface area contributed by atoms with Crippen molar-refractivity contribution >= 4 is 68.3 Å². The number of nitrogens with one attached hydrogen (secondary N) is 2. The smallest absolute Gasteiger partial charge is 0.410 e. The van der Waals surface area contributed by atoms with Crippen molar-refractivity contribution in [3.05, 3.63) is 59.7 Å². The summed E-state index contributed by atoms with van der Waals surface area (Å²) in [7, 11) is -9.33. The molecule has 0 bridgehead atoms. The number of hydrogen-bond acceptors (Lipinski definition) is 12. The lowest BCUT2D eigenvalue weighted by molar-refractivity contribution is 0.0196. The monoisotopic (exact) mass is 944 g/mol. The van der Waals surface area contributed by atoms with Crippen LogP contribution in [0.15, 0.2) is 58.5 Å². The zero-order chi connectivity index (χ0) is 47.5. The standard InChI is InChI=1S/C36H52N12O6.2H2O4S/c37-31(38)43-27-11-7-25(8-12-27)23-41-33(49)45-15-19-47(20-16-45)35(51)53-29-3-1-4-30(6-2-5-29)54-36(52)48-21-17-46(18-22-48)34(50)42-24-26-9-13-28(14-10-26)44-32(39)40;2*1-5(2,3)4/h7-14,29-30H,1-6,15-24H2,(H,41,49)(H,42,50)(H4,37,38,43)(H4,39,40,44);2*(H2,1,2,3,4). The summed E-state index contributed by atoms with van der Waals surface area (Å²) in [6, 6.07) is 14.1. The van der Waals surface area contributed by atoms with Gasteiger partial charge >= 0.3 is 45.0 Å². The van der Waals surface area contributed by atoms with Crippen molar-refractivity contribution in [1.82, 2.24) is 30.2 Å². The molecule has 1 aliphatic carbocycles. The van der Waals surface area contributed by atoms with E-state index >= 15 is 0 Å². The fraction of sp³-hybridized carbons (Fsp3) is 0.500. The Morgan fingerprint density at radius 3 is 1.06 bits per heavy atom. The molecule has 3 aliphatic rings. The first kappa shape index (κ1) is 52.1. The Hall–Kier alpha value is -6.20. The summed E-state index contributed by atoms with van der Waals surface area (Å²) in [6.45, 7) is 3.88. The molecule has 14 N–H and O–H groups in total. The minimum atomic E-state index is -4.67. The summed E-state index contributed by atoms with van der Waals surface area (Å²) in [5.74, 6) is -0.0390. The quantitative estimate of drug-likeness (QED) is 0.0998. The van der Waals surface area contributed by atoms with Crippen LogP contribution in [0.2, 0.25) is 0 Å². The van der Waals surface area contributed by atoms with Crippen molar-refractivity contribution in [2.24, 2.45) is 32.9 Å². The second kappa shape index (κ2) is 25.2. The van der Waals surface area contributed by atoms with E-state index in [0.717, 1.165) is 24.0 Å². The van der Waals surface area contributed by atoms with Gasteiger partial charge in [-0.3, -0.25) is 18.2 Å². The van der Waals surface area contributed by atoms with Crippen molar-refractivity contribution in [3.8, 4) is 0 Å². The van der Waals surface area contributed by atoms with Crippen LogP contribution in [0, 0.1) is 0 Å². The molecule has 6 amide bonds. The van der Waals surface area contributed by atoms with Crippen LogP contribution in [-0.2, 0) is 43.4 Å². The molecule has 2 aromatic carbocycles. The number of guanidine groups is 2. The molecule has 3 fully saturated rings. The van der Waals surface area contributed by atoms with Crippen LogP contribution in [0.1, 0.15) is 49.7 Å². The van der Waals surface area contributed by atoms with Crippen molar-refractivity contribution in [1.29, 1.82) is 0 Å². The Balaban J connectivity index is 0.000000979. The molecule has 2 aliphatic heterocycles. The molecular weight excluding hydrogens is 889 g/mol. The summed E-state index contributed by atoms with van der Waals surface area (Å²) in [6.07, 6.45) is 3.09. The summed E-state index contributed by atoms with van der Waals surface area (Å²) < 4.78 is 74.9. The molecule has 64 heavy (non-hydrogen) atoms. The minimum Gasteiger partial charge on any atom is -0.446 e. The lowest BCUT2D eigenvalue weighted by Crippen LogP contribution is -2.53. The van der Waals surface area contributed by atoms with Gasteiger partial charge in [-0.1, -0.05) is 24.3 Å². The molecule has 0 aromatic heterocycles. The molecule has 2 aromatic rings. The lowest BCUT2D eigenvalue weighted by atomic mass is 9.96. The third kappa shape index (κ3) is 21.7. The van der Waals surface area contributed by atoms with Crippen LogP contribution in [0.3, 0.4) is 0 Å². The van der Waals surface area contributed by atoms with E-state index in [1.54, 1.807) is 43.9 Å². The number of nitrogens with zero attached hydrogens (tertiary/aromatic N) is 6. The highest BCUT2D eigenvalue weighted by molar-refractivity contribution is 7.80. The van der Waals surface area contributed by atoms with Crippen LogP contribution >= 0.6 is 0 Å². The van der Waals surface area contributed by atoms with Crippen molar-refractivity contribution in [2.45, 2.75) is 63.8 Å². The number of amides is 6. The number of urea groups is 2. The molecule has 2 heterocycles. The molecule has 2 saturated heterocycles. The molecule has 5 rings (SSSR count). The zero-order valence-electron chi connectivity index (χ0n) is 34.8. The molecule has 0 radical (unpaired) electrons. The predicted octanol–water partition coefficient (Wildman–Crippen LogP) is 0.910. The van der Waals surface area contributed by atoms with Gasteiger partial charge in [-0.25, -0.2) is 29.2 Å². The first-order chi connectivity index (χ1) is 30.0. The number of hydrogen-bond donors (Lipinski definition) is 10. The highest BCUT2D eigenvalue weighted by atomic mass is 32.3. The highest BCUT2D eigenvalue weighted by Gasteiger charge is 2.30. The van der Waals surface area contributed by atoms with Crippen molar-refractivity contribution < 1.29 is 63.7 Å². The second-order valence-electron chi connectivity index (χ2n) is 14.4. The Labute approximate surface area is 370 Å². The van der Waals surface area contributed by atoms with Crippen molar-refractivity contribution in [2.75, 3.05) is 52.4 Å². The third-order valence-electron chi connectivity index (χ3n) is 9.57. The fourth-order valence-electron chi connectivity index (χ4n) is 6.54. The Morgan fingerprint density at radius 2 is 0.797 bits per heavy atom. The summed E-state index contributed by atoms with van der Waals surface area (Å²) >= 11 is 0. The number of carbonyl (C=O) groups is 4. The molecule has 0 atom stereocenters. The molecule has 0 spiro atoms. The van der Waals surface area contributed by atoms with E-state index in [1.165, 1.54) is 0 Å². The van der Waals surface area contributed by atoms with Crippen molar-refractivity contribution in [3.63, 3.8) is 0 Å². The maximum absolute atomic E-state index is 13.0. The summed E-state index contributed by atoms with van der Waals surface area (Å²) in [5.41, 5.74) is 24.7. The molecule has 26 nitrogen and oxygen atoms in total. The van der Waals surface area contributed by atoms with Crippen LogP contribution in [0.25, 0.3) is 0 Å². The van der Waals surface area contributed by atoms with E-state index in [4.69, 9.17) is 67.5 Å². The number of ether oxygens (including phenoxy) is 2. The number of aliphatic imine (C=N–C) groups is 2. The van der Waals surface area contributed by atoms with E-state index in [-0.39, 0.29) is 48.4 Å². The Bertz CT molecular complexity index is 1950. The number of benzene rings is 2. The summed E-state index contributed by atoms with van der Waals surface area (Å²) in [4.78, 5) is 66.1. The minimum absolute atomic E-state index is 0.0195. The van der Waals surface area contributed by atoms with Gasteiger partial charge in [0.1, 0.15) is 12.2 Å². The molecule has 28 heteroatoms. The van der Waals surface area contributed by atoms with Crippen LogP contribution in [0.4, 0.5) is 30.6 Å². The van der Waals surface area contributed by atoms with Gasteiger partial charge in [0.05, 0.1) is 11.4 Å². The second-order valence-corrected chi connectivity index (χ2v) is 16.2. The third-order valence-corrected chi connectivity index (χ3v) is 9.57. The van der Waals surface area contributed by atoms with Crippen LogP contribution < -0.4 is 33.6 Å². The van der Waals surface area contributed by atoms with E-state index < -0.39 is 20.8 Å². The number of carbonyl (C=O) groups excluding carboxylic acids is 4. The van der Waals surface area contributed by atoms with Gasteiger partial charge in [0, 0.05) is 65.4 Å². The van der Waals surface area contributed by atoms with Gasteiger partial charge in [-0.15, -0.1) is 0 Å². The number of nitrogens with two attached hydrogens (primary N) is 4. The summed E-state index contributed by atoms with van der Waals surface area (Å²) in [5, 5.41) is 5.83. The van der Waals surface area contributed by atoms with Crippen LogP contribution in [0.5, 0.6) is 0 Å². The van der Waals surface area contributed by atoms with Gasteiger partial charge in [0.15, 0.2) is 11.9 Å². The Morgan fingerprint density at radius 1 is 0.531 bits per heavy atom. The van der Waals surface area contributed by atoms with Gasteiger partial charge < -0.3 is 62.6 Å². The van der Waals surface area contributed by atoms with E-state index in [9.17, 15) is 19.2 Å². The number of rotatable bonds is 8. The van der Waals surface area contributed by atoms with Gasteiger partial charge in [0.2, 0.25) is 0 Å². The highest BCUT2D eigenvalue weighted by Crippen LogP contribution is 2.24. The lowest BCUT2D eigenvalue weighted by Gasteiger charge is -2.36. The van der Waals surface area contributed by atoms with Gasteiger partial charge in [-0.2, -0.15) is 16.8 Å². The van der Waals surface area contributed by atoms with Crippen LogP contribution in [-0.4, -0.2) is 155 Å². The Kier molecular flexibility index (Phi) is 20.5. The molecular formula is C36H56N12O14S2. The fourth-order valence-corrected chi connectivity index (χ4v) is 6.54. The molecule has 0 unspecified atom stereocenters. The largest absolute Gasteiger partial charge is 0.446 e. The van der Waals surface area contributed by atoms with E-state index in [2.05, 4.69) is 20.6 Å². The van der Waals surface area contributed by atoms with Gasteiger partial charge in [0.25, 0.3) is 0 Å². The van der Waals surface area contributed by atoms with Gasteiger partial charge in [-0.05, 0) is 73.9 Å². The van der Waals surface area contributed by atoms with E-state index in [0.29, 0.717) is 103 Å². The SMILES string of the molecule is NC(N)=Nc1ccc(CNC(=O)N2CCN(C(=O)OC3CCCC(OC(=O)N4CCN(C(=O)NCc5ccc(N=C(N)N)cc5)CC4)CCC3)CC2)cc1.O=S(=O)(O)O.O=S(=O)(O)O.